The lowest BCUT2D eigenvalue weighted by atomic mass is 10.1. The van der Waals surface area contributed by atoms with Crippen molar-refractivity contribution in [2.75, 3.05) is 24.8 Å². The van der Waals surface area contributed by atoms with Gasteiger partial charge in [-0.15, -0.1) is 0 Å². The van der Waals surface area contributed by atoms with Crippen molar-refractivity contribution in [1.29, 1.82) is 0 Å². The number of carbonyl (C=O) groups excluding carboxylic acids is 1. The topological polar surface area (TPSA) is 84.9 Å². The number of methoxy groups -OCH3 is 2. The molecule has 0 aliphatic heterocycles. The molecule has 0 aromatic heterocycles. The van der Waals surface area contributed by atoms with Gasteiger partial charge in [0.05, 0.1) is 42.2 Å². The molecule has 0 saturated carbocycles. The lowest BCUT2D eigenvalue weighted by Crippen LogP contribution is -2.48. The summed E-state index contributed by atoms with van der Waals surface area (Å²) in [7, 11) is -0.724. The summed E-state index contributed by atoms with van der Waals surface area (Å²) in [5.74, 6) is 0.679. The van der Waals surface area contributed by atoms with Crippen molar-refractivity contribution in [1.82, 2.24) is 5.32 Å². The Morgan fingerprint density at radius 3 is 2.23 bits per heavy atom. The average molecular weight is 475 g/mol. The zero-order valence-electron chi connectivity index (χ0n) is 17.3. The van der Waals surface area contributed by atoms with Gasteiger partial charge in [-0.1, -0.05) is 23.2 Å². The molecule has 2 atom stereocenters. The number of anilines is 1. The van der Waals surface area contributed by atoms with Crippen LogP contribution >= 0.6 is 23.2 Å². The predicted octanol–water partition coefficient (Wildman–Crippen LogP) is 4.04. The van der Waals surface area contributed by atoms with Crippen LogP contribution in [0.25, 0.3) is 0 Å². The number of ether oxygens (including phenoxy) is 2. The van der Waals surface area contributed by atoms with E-state index in [2.05, 4.69) is 5.32 Å². The summed E-state index contributed by atoms with van der Waals surface area (Å²) in [6.07, 6.45) is 1.02. The molecule has 10 heteroatoms. The van der Waals surface area contributed by atoms with Gasteiger partial charge < -0.3 is 14.8 Å². The van der Waals surface area contributed by atoms with Gasteiger partial charge in [-0.05, 0) is 50.2 Å². The third-order valence-electron chi connectivity index (χ3n) is 4.51. The Bertz CT molecular complexity index is 1030. The zero-order chi connectivity index (χ0) is 22.6. The van der Waals surface area contributed by atoms with E-state index in [9.17, 15) is 13.2 Å². The number of carbonyl (C=O) groups is 1. The number of nitrogens with zero attached hydrogens (tertiary/aromatic N) is 1. The number of sulfonamides is 1. The molecular weight excluding hydrogens is 451 g/mol. The fraction of sp³-hybridized carbons (Fsp3) is 0.350. The Labute approximate surface area is 186 Å². The number of hydrogen-bond acceptors (Lipinski definition) is 5. The van der Waals surface area contributed by atoms with E-state index in [-0.39, 0.29) is 15.7 Å². The fourth-order valence-electron chi connectivity index (χ4n) is 3.02. The van der Waals surface area contributed by atoms with Crippen molar-refractivity contribution in [3.05, 3.63) is 52.0 Å². The first-order valence-corrected chi connectivity index (χ1v) is 11.6. The molecule has 0 heterocycles. The molecule has 0 saturated heterocycles. The standard InChI is InChI=1S/C20H24Cl2N2O5S/c1-12(16-11-15(28-3)7-9-19(16)29-4)23-20(25)13(2)24(30(5,26)27)14-6-8-17(21)18(22)10-14/h6-13H,1-5H3,(H,23,25)/t12-,13+/m0/s1. The summed E-state index contributed by atoms with van der Waals surface area (Å²) in [5.41, 5.74) is 0.930. The van der Waals surface area contributed by atoms with Crippen LogP contribution in [0.15, 0.2) is 36.4 Å². The molecule has 0 radical (unpaired) electrons. The third-order valence-corrected chi connectivity index (χ3v) is 6.49. The maximum absolute atomic E-state index is 12.9. The Kier molecular flexibility index (Phi) is 7.85. The summed E-state index contributed by atoms with van der Waals surface area (Å²) in [4.78, 5) is 12.9. The summed E-state index contributed by atoms with van der Waals surface area (Å²) in [5, 5.41) is 3.30. The number of halogens is 2. The predicted molar refractivity (Wildman–Crippen MR) is 119 cm³/mol. The highest BCUT2D eigenvalue weighted by Crippen LogP contribution is 2.31. The van der Waals surface area contributed by atoms with Gasteiger partial charge in [-0.3, -0.25) is 9.10 Å². The number of hydrogen-bond donors (Lipinski definition) is 1. The molecule has 1 N–H and O–H groups in total. The smallest absolute Gasteiger partial charge is 0.244 e. The molecular formula is C20H24Cl2N2O5S. The van der Waals surface area contributed by atoms with E-state index in [0.29, 0.717) is 17.1 Å². The minimum atomic E-state index is -3.79. The molecule has 2 rings (SSSR count). The monoisotopic (exact) mass is 474 g/mol. The number of benzene rings is 2. The van der Waals surface area contributed by atoms with Crippen LogP contribution < -0.4 is 19.1 Å². The maximum atomic E-state index is 12.9. The van der Waals surface area contributed by atoms with Crippen LogP contribution in [0.4, 0.5) is 5.69 Å². The van der Waals surface area contributed by atoms with Crippen LogP contribution in [0.3, 0.4) is 0 Å². The van der Waals surface area contributed by atoms with Gasteiger partial charge in [0.1, 0.15) is 17.5 Å². The first kappa shape index (κ1) is 24.1. The van der Waals surface area contributed by atoms with Gasteiger partial charge in [-0.25, -0.2) is 8.42 Å². The highest BCUT2D eigenvalue weighted by atomic mass is 35.5. The van der Waals surface area contributed by atoms with E-state index in [1.54, 1.807) is 25.1 Å². The highest BCUT2D eigenvalue weighted by molar-refractivity contribution is 7.92. The molecule has 7 nitrogen and oxygen atoms in total. The first-order chi connectivity index (χ1) is 14.0. The van der Waals surface area contributed by atoms with Crippen molar-refractivity contribution in [3.8, 4) is 11.5 Å². The molecule has 2 aromatic carbocycles. The second-order valence-corrected chi connectivity index (χ2v) is 9.35. The normalized spacial score (nSPS) is 13.3. The minimum absolute atomic E-state index is 0.185. The van der Waals surface area contributed by atoms with Crippen LogP contribution in [0.2, 0.25) is 10.0 Å². The summed E-state index contributed by atoms with van der Waals surface area (Å²) >= 11 is 12.0. The van der Waals surface area contributed by atoms with Crippen molar-refractivity contribution in [2.45, 2.75) is 25.9 Å². The van der Waals surface area contributed by atoms with Crippen LogP contribution in [0.1, 0.15) is 25.5 Å². The first-order valence-electron chi connectivity index (χ1n) is 8.96. The van der Waals surface area contributed by atoms with Crippen LogP contribution in [0.5, 0.6) is 11.5 Å². The van der Waals surface area contributed by atoms with Crippen LogP contribution in [0, 0.1) is 0 Å². The van der Waals surface area contributed by atoms with E-state index in [1.807, 2.05) is 0 Å². The lowest BCUT2D eigenvalue weighted by molar-refractivity contribution is -0.122. The molecule has 0 unspecified atom stereocenters. The quantitative estimate of drug-likeness (QED) is 0.623. The molecule has 0 aliphatic rings. The fourth-order valence-corrected chi connectivity index (χ4v) is 4.48. The van der Waals surface area contributed by atoms with Crippen LogP contribution in [-0.2, 0) is 14.8 Å². The average Bonchev–Trinajstić information content (AvgIpc) is 2.68. The van der Waals surface area contributed by atoms with Crippen molar-refractivity contribution in [3.63, 3.8) is 0 Å². The lowest BCUT2D eigenvalue weighted by Gasteiger charge is -2.29. The third kappa shape index (κ3) is 5.50. The Hall–Kier alpha value is -2.16. The number of nitrogens with one attached hydrogen (secondary N) is 1. The Morgan fingerprint density at radius 1 is 1.03 bits per heavy atom. The van der Waals surface area contributed by atoms with E-state index < -0.39 is 28.0 Å². The van der Waals surface area contributed by atoms with Gasteiger partial charge in [0, 0.05) is 5.56 Å². The molecule has 0 fully saturated rings. The van der Waals surface area contributed by atoms with Crippen molar-refractivity contribution >= 4 is 44.8 Å². The summed E-state index contributed by atoms with van der Waals surface area (Å²) in [6, 6.07) is 8.09. The molecule has 0 spiro atoms. The van der Waals surface area contributed by atoms with Gasteiger partial charge in [0.2, 0.25) is 15.9 Å². The number of amides is 1. The van der Waals surface area contributed by atoms with E-state index >= 15 is 0 Å². The molecule has 164 valence electrons. The molecule has 0 bridgehead atoms. The SMILES string of the molecule is COc1ccc(OC)c([C@H](C)NC(=O)[C@@H](C)N(c2ccc(Cl)c(Cl)c2)S(C)(=O)=O)c1. The molecule has 2 aromatic rings. The van der Waals surface area contributed by atoms with Crippen molar-refractivity contribution in [2.24, 2.45) is 0 Å². The van der Waals surface area contributed by atoms with E-state index in [4.69, 9.17) is 32.7 Å². The van der Waals surface area contributed by atoms with Crippen LogP contribution in [-0.4, -0.2) is 40.8 Å². The van der Waals surface area contributed by atoms with Gasteiger partial charge in [0.25, 0.3) is 0 Å². The van der Waals surface area contributed by atoms with E-state index in [0.717, 1.165) is 10.6 Å². The minimum Gasteiger partial charge on any atom is -0.497 e. The van der Waals surface area contributed by atoms with Gasteiger partial charge >= 0.3 is 0 Å². The maximum Gasteiger partial charge on any atom is 0.244 e. The summed E-state index contributed by atoms with van der Waals surface area (Å²) in [6.45, 7) is 3.26. The molecule has 0 aliphatic carbocycles. The van der Waals surface area contributed by atoms with Gasteiger partial charge in [0.15, 0.2) is 0 Å². The molecule has 1 amide bonds. The Balaban J connectivity index is 2.33. The zero-order valence-corrected chi connectivity index (χ0v) is 19.6. The highest BCUT2D eigenvalue weighted by Gasteiger charge is 2.30. The van der Waals surface area contributed by atoms with Crippen molar-refractivity contribution < 1.29 is 22.7 Å². The number of rotatable bonds is 8. The second-order valence-electron chi connectivity index (χ2n) is 6.67. The molecule has 30 heavy (non-hydrogen) atoms. The Morgan fingerprint density at radius 2 is 1.70 bits per heavy atom. The van der Waals surface area contributed by atoms with Gasteiger partial charge in [-0.2, -0.15) is 0 Å². The second kappa shape index (κ2) is 9.76. The summed E-state index contributed by atoms with van der Waals surface area (Å²) < 4.78 is 36.5. The largest absolute Gasteiger partial charge is 0.497 e. The van der Waals surface area contributed by atoms with E-state index in [1.165, 1.54) is 39.3 Å².